The van der Waals surface area contributed by atoms with E-state index >= 15 is 0 Å². The van der Waals surface area contributed by atoms with Gasteiger partial charge in [0.2, 0.25) is 0 Å². The maximum Gasteiger partial charge on any atom is 0.345 e. The van der Waals surface area contributed by atoms with Crippen LogP contribution in [0, 0.1) is 10.1 Å². The third-order valence-corrected chi connectivity index (χ3v) is 1.66. The summed E-state index contributed by atoms with van der Waals surface area (Å²) >= 11 is 0. The van der Waals surface area contributed by atoms with Crippen molar-refractivity contribution in [1.29, 1.82) is 0 Å². The number of hydrogen-bond donors (Lipinski definition) is 0. The van der Waals surface area contributed by atoms with Gasteiger partial charge in [0.05, 0.1) is 11.0 Å². The first-order valence-corrected chi connectivity index (χ1v) is 4.46. The van der Waals surface area contributed by atoms with Crippen molar-refractivity contribution < 1.29 is 14.5 Å². The minimum absolute atomic E-state index is 0.0174. The summed E-state index contributed by atoms with van der Waals surface area (Å²) in [6, 6.07) is 5.72. The minimum atomic E-state index is -0.669. The van der Waals surface area contributed by atoms with Crippen LogP contribution < -0.4 is 0 Å². The zero-order valence-corrected chi connectivity index (χ0v) is 8.47. The molecule has 0 spiro atoms. The van der Waals surface area contributed by atoms with Crippen molar-refractivity contribution in [3.63, 3.8) is 0 Å². The second-order valence-corrected chi connectivity index (χ2v) is 3.23. The van der Waals surface area contributed by atoms with E-state index in [-0.39, 0.29) is 17.4 Å². The molecule has 5 nitrogen and oxygen atoms in total. The van der Waals surface area contributed by atoms with Gasteiger partial charge >= 0.3 is 5.97 Å². The normalized spacial score (nSPS) is 10.1. The Bertz CT molecular complexity index is 387. The monoisotopic (exact) mass is 209 g/mol. The fourth-order valence-corrected chi connectivity index (χ4v) is 1.08. The number of hydrogen-bond acceptors (Lipinski definition) is 4. The smallest absolute Gasteiger partial charge is 0.345 e. The molecule has 0 fully saturated rings. The molecule has 5 heteroatoms. The molecule has 0 aliphatic carbocycles. The summed E-state index contributed by atoms with van der Waals surface area (Å²) < 4.78 is 4.88. The van der Waals surface area contributed by atoms with E-state index in [2.05, 4.69) is 0 Å². The van der Waals surface area contributed by atoms with Crippen molar-refractivity contribution >= 4 is 11.7 Å². The van der Waals surface area contributed by atoms with Gasteiger partial charge in [0.1, 0.15) is 5.56 Å². The number of rotatable bonds is 3. The molecular weight excluding hydrogens is 198 g/mol. The lowest BCUT2D eigenvalue weighted by molar-refractivity contribution is -0.385. The molecule has 0 heterocycles. The second kappa shape index (κ2) is 4.54. The number of benzene rings is 1. The van der Waals surface area contributed by atoms with E-state index in [1.165, 1.54) is 18.2 Å². The first-order valence-electron chi connectivity index (χ1n) is 4.46. The molecule has 0 radical (unpaired) electrons. The fraction of sp³-hybridized carbons (Fsp3) is 0.300. The average Bonchev–Trinajstić information content (AvgIpc) is 2.16. The third-order valence-electron chi connectivity index (χ3n) is 1.66. The lowest BCUT2D eigenvalue weighted by Crippen LogP contribution is -2.13. The first kappa shape index (κ1) is 11.2. The largest absolute Gasteiger partial charge is 0.459 e. The third kappa shape index (κ3) is 2.77. The number of para-hydroxylation sites is 1. The maximum absolute atomic E-state index is 11.5. The Labute approximate surface area is 86.8 Å². The van der Waals surface area contributed by atoms with Gasteiger partial charge in [-0.1, -0.05) is 12.1 Å². The molecule has 0 aliphatic heterocycles. The van der Waals surface area contributed by atoms with Gasteiger partial charge in [-0.05, 0) is 19.9 Å². The SMILES string of the molecule is CC(C)OC(=O)c1ccccc1[N+](=O)[O-]. The van der Waals surface area contributed by atoms with Crippen LogP contribution in [0.25, 0.3) is 0 Å². The van der Waals surface area contributed by atoms with Crippen molar-refractivity contribution in [3.8, 4) is 0 Å². The number of nitrogens with zero attached hydrogens (tertiary/aromatic N) is 1. The zero-order valence-electron chi connectivity index (χ0n) is 8.47. The molecule has 0 saturated carbocycles. The molecule has 1 aromatic carbocycles. The second-order valence-electron chi connectivity index (χ2n) is 3.23. The lowest BCUT2D eigenvalue weighted by Gasteiger charge is -2.07. The lowest BCUT2D eigenvalue weighted by atomic mass is 10.2. The number of carbonyl (C=O) groups is 1. The van der Waals surface area contributed by atoms with Gasteiger partial charge in [0, 0.05) is 6.07 Å². The summed E-state index contributed by atoms with van der Waals surface area (Å²) in [5.74, 6) is -0.669. The molecule has 0 atom stereocenters. The molecule has 1 aromatic rings. The van der Waals surface area contributed by atoms with Gasteiger partial charge in [0.25, 0.3) is 5.69 Å². The molecule has 0 unspecified atom stereocenters. The van der Waals surface area contributed by atoms with Gasteiger partial charge in [0.15, 0.2) is 0 Å². The van der Waals surface area contributed by atoms with Gasteiger partial charge in [-0.15, -0.1) is 0 Å². The number of nitro benzene ring substituents is 1. The Hall–Kier alpha value is -1.91. The molecule has 0 aromatic heterocycles. The molecule has 15 heavy (non-hydrogen) atoms. The standard InChI is InChI=1S/C10H11NO4/c1-7(2)15-10(12)8-5-3-4-6-9(8)11(13)14/h3-7H,1-2H3. The summed E-state index contributed by atoms with van der Waals surface area (Å²) in [6.07, 6.45) is -0.294. The van der Waals surface area contributed by atoms with Crippen LogP contribution in [-0.4, -0.2) is 17.0 Å². The number of nitro groups is 1. The van der Waals surface area contributed by atoms with E-state index < -0.39 is 10.9 Å². The summed E-state index contributed by atoms with van der Waals surface area (Å²) in [5.41, 5.74) is -0.251. The molecule has 80 valence electrons. The van der Waals surface area contributed by atoms with E-state index in [1.807, 2.05) is 0 Å². The van der Waals surface area contributed by atoms with Gasteiger partial charge < -0.3 is 4.74 Å². The molecule has 0 N–H and O–H groups in total. The van der Waals surface area contributed by atoms with Crippen molar-refractivity contribution in [2.45, 2.75) is 20.0 Å². The van der Waals surface area contributed by atoms with Gasteiger partial charge in [-0.2, -0.15) is 0 Å². The number of carbonyl (C=O) groups excluding carboxylic acids is 1. The van der Waals surface area contributed by atoms with E-state index in [4.69, 9.17) is 4.74 Å². The molecule has 0 aliphatic rings. The van der Waals surface area contributed by atoms with Crippen LogP contribution in [0.15, 0.2) is 24.3 Å². The molecule has 0 bridgehead atoms. The van der Waals surface area contributed by atoms with E-state index in [0.29, 0.717) is 0 Å². The Balaban J connectivity index is 3.03. The highest BCUT2D eigenvalue weighted by Gasteiger charge is 2.20. The highest BCUT2D eigenvalue weighted by molar-refractivity contribution is 5.93. The summed E-state index contributed by atoms with van der Waals surface area (Å²) in [5, 5.41) is 10.6. The van der Waals surface area contributed by atoms with Crippen molar-refractivity contribution in [3.05, 3.63) is 39.9 Å². The topological polar surface area (TPSA) is 69.4 Å². The van der Waals surface area contributed by atoms with Gasteiger partial charge in [-0.3, -0.25) is 10.1 Å². The summed E-state index contributed by atoms with van der Waals surface area (Å²) in [6.45, 7) is 3.37. The zero-order chi connectivity index (χ0) is 11.4. The van der Waals surface area contributed by atoms with Crippen molar-refractivity contribution in [1.82, 2.24) is 0 Å². The van der Waals surface area contributed by atoms with E-state index in [0.717, 1.165) is 0 Å². The minimum Gasteiger partial charge on any atom is -0.459 e. The van der Waals surface area contributed by atoms with E-state index in [1.54, 1.807) is 19.9 Å². The fourth-order valence-electron chi connectivity index (χ4n) is 1.08. The quantitative estimate of drug-likeness (QED) is 0.434. The van der Waals surface area contributed by atoms with Crippen molar-refractivity contribution in [2.75, 3.05) is 0 Å². The average molecular weight is 209 g/mol. The molecule has 1 rings (SSSR count). The Morgan fingerprint density at radius 2 is 2.00 bits per heavy atom. The summed E-state index contributed by atoms with van der Waals surface area (Å²) in [4.78, 5) is 21.5. The molecule has 0 saturated heterocycles. The Morgan fingerprint density at radius 3 is 2.53 bits per heavy atom. The Morgan fingerprint density at radius 1 is 1.40 bits per heavy atom. The first-order chi connectivity index (χ1) is 7.02. The van der Waals surface area contributed by atoms with Crippen LogP contribution in [0.4, 0.5) is 5.69 Å². The summed E-state index contributed by atoms with van der Waals surface area (Å²) in [7, 11) is 0. The van der Waals surface area contributed by atoms with E-state index in [9.17, 15) is 14.9 Å². The highest BCUT2D eigenvalue weighted by Crippen LogP contribution is 2.18. The van der Waals surface area contributed by atoms with Crippen LogP contribution in [0.2, 0.25) is 0 Å². The van der Waals surface area contributed by atoms with Crippen LogP contribution >= 0.6 is 0 Å². The Kier molecular flexibility index (Phi) is 3.38. The predicted octanol–water partition coefficient (Wildman–Crippen LogP) is 2.16. The van der Waals surface area contributed by atoms with Crippen molar-refractivity contribution in [2.24, 2.45) is 0 Å². The van der Waals surface area contributed by atoms with Crippen LogP contribution in [0.1, 0.15) is 24.2 Å². The maximum atomic E-state index is 11.5. The van der Waals surface area contributed by atoms with Gasteiger partial charge in [-0.25, -0.2) is 4.79 Å². The van der Waals surface area contributed by atoms with Crippen LogP contribution in [0.3, 0.4) is 0 Å². The van der Waals surface area contributed by atoms with Crippen LogP contribution in [0.5, 0.6) is 0 Å². The number of esters is 1. The predicted molar refractivity (Wildman–Crippen MR) is 53.6 cm³/mol. The molecule has 0 amide bonds. The number of ether oxygens (including phenoxy) is 1. The van der Waals surface area contributed by atoms with Crippen LogP contribution in [-0.2, 0) is 4.74 Å². The molecular formula is C10H11NO4. The highest BCUT2D eigenvalue weighted by atomic mass is 16.6.